The van der Waals surface area contributed by atoms with Crippen molar-refractivity contribution in [3.63, 3.8) is 0 Å². The lowest BCUT2D eigenvalue weighted by Gasteiger charge is -2.44. The second kappa shape index (κ2) is 13.9. The highest BCUT2D eigenvalue weighted by molar-refractivity contribution is 6.76. The number of aromatic nitrogens is 2. The lowest BCUT2D eigenvalue weighted by molar-refractivity contribution is -0.276. The molecule has 4 atom stereocenters. The van der Waals surface area contributed by atoms with Gasteiger partial charge >= 0.3 is 0 Å². The van der Waals surface area contributed by atoms with Gasteiger partial charge in [0.1, 0.15) is 0 Å². The smallest absolute Gasteiger partial charge is 0.272 e. The van der Waals surface area contributed by atoms with Gasteiger partial charge in [0, 0.05) is 63.1 Å². The van der Waals surface area contributed by atoms with Crippen molar-refractivity contribution in [2.24, 2.45) is 5.92 Å². The standard InChI is InChI=1S/C30H34Cl3N5O4/c1-20-25(18-37-13-15-38(16-14-37)29-34-11-2-12-35-29)41-27(42-26(20)23-7-5-22(19-39)6-8-23)24-9-3-21(4-10-24)17-36-28(40)30(31,32)33/h2-12,20,25-27,39H,13-19H2,1H3,(H,36,40)/t20-,25+,26+,27+/m1/s1. The lowest BCUT2D eigenvalue weighted by Crippen LogP contribution is -2.51. The van der Waals surface area contributed by atoms with Crippen molar-refractivity contribution in [2.45, 2.75) is 42.4 Å². The van der Waals surface area contributed by atoms with Gasteiger partial charge in [-0.15, -0.1) is 0 Å². The van der Waals surface area contributed by atoms with Crippen LogP contribution in [0.4, 0.5) is 5.95 Å². The zero-order chi connectivity index (χ0) is 29.7. The fraction of sp³-hybridized carbons (Fsp3) is 0.433. The number of piperazine rings is 1. The van der Waals surface area contributed by atoms with Crippen LogP contribution >= 0.6 is 34.8 Å². The summed E-state index contributed by atoms with van der Waals surface area (Å²) in [6.07, 6.45) is 2.66. The van der Waals surface area contributed by atoms with Gasteiger partial charge in [0.25, 0.3) is 9.70 Å². The van der Waals surface area contributed by atoms with Gasteiger partial charge in [-0.2, -0.15) is 0 Å². The third-order valence-electron chi connectivity index (χ3n) is 7.73. The molecule has 0 unspecified atom stereocenters. The molecule has 0 aliphatic carbocycles. The molecule has 2 aliphatic rings. The van der Waals surface area contributed by atoms with Crippen LogP contribution in [0.3, 0.4) is 0 Å². The summed E-state index contributed by atoms with van der Waals surface area (Å²) in [5, 5.41) is 12.1. The maximum Gasteiger partial charge on any atom is 0.272 e. The van der Waals surface area contributed by atoms with E-state index in [2.05, 4.69) is 32.0 Å². The molecule has 0 bridgehead atoms. The monoisotopic (exact) mass is 633 g/mol. The van der Waals surface area contributed by atoms with Crippen LogP contribution in [0.25, 0.3) is 0 Å². The average Bonchev–Trinajstić information content (AvgIpc) is 3.01. The van der Waals surface area contributed by atoms with Crippen LogP contribution in [0.5, 0.6) is 0 Å². The van der Waals surface area contributed by atoms with Crippen LogP contribution in [-0.2, 0) is 27.4 Å². The highest BCUT2D eigenvalue weighted by Crippen LogP contribution is 2.42. The molecule has 0 radical (unpaired) electrons. The largest absolute Gasteiger partial charge is 0.392 e. The van der Waals surface area contributed by atoms with Gasteiger partial charge in [-0.25, -0.2) is 9.97 Å². The quantitative estimate of drug-likeness (QED) is 0.348. The number of carbonyl (C=O) groups is 1. The number of alkyl halides is 3. The first kappa shape index (κ1) is 30.9. The number of aliphatic hydroxyl groups is 1. The summed E-state index contributed by atoms with van der Waals surface area (Å²) in [5.74, 6) is 0.155. The van der Waals surface area contributed by atoms with Crippen molar-refractivity contribution < 1.29 is 19.4 Å². The molecule has 2 aromatic carbocycles. The van der Waals surface area contributed by atoms with E-state index in [0.29, 0.717) is 0 Å². The molecule has 224 valence electrons. The van der Waals surface area contributed by atoms with Gasteiger partial charge in [0.2, 0.25) is 5.95 Å². The SMILES string of the molecule is C[C@@H]1[C@H](CN2CCN(c3ncccn3)CC2)O[C@H](c2ccc(CNC(=O)C(Cl)(Cl)Cl)cc2)O[C@@H]1c1ccc(CO)cc1. The summed E-state index contributed by atoms with van der Waals surface area (Å²) < 4.78 is 11.2. The van der Waals surface area contributed by atoms with Crippen molar-refractivity contribution in [1.82, 2.24) is 20.2 Å². The summed E-state index contributed by atoms with van der Waals surface area (Å²) in [7, 11) is 0. The molecular weight excluding hydrogens is 601 g/mol. The Balaban J connectivity index is 1.29. The number of nitrogens with one attached hydrogen (secondary N) is 1. The fourth-order valence-corrected chi connectivity index (χ4v) is 5.44. The van der Waals surface area contributed by atoms with Gasteiger partial charge in [-0.3, -0.25) is 9.69 Å². The molecule has 0 spiro atoms. The number of amides is 1. The Hall–Kier alpha value is -2.50. The number of anilines is 1. The van der Waals surface area contributed by atoms with Gasteiger partial charge in [-0.05, 0) is 22.8 Å². The average molecular weight is 635 g/mol. The number of aliphatic hydroxyl groups excluding tert-OH is 1. The maximum atomic E-state index is 11.9. The number of hydrogen-bond acceptors (Lipinski definition) is 8. The van der Waals surface area contributed by atoms with Crippen molar-refractivity contribution >= 4 is 46.7 Å². The minimum Gasteiger partial charge on any atom is -0.392 e. The number of hydrogen-bond donors (Lipinski definition) is 2. The Morgan fingerprint density at radius 3 is 2.19 bits per heavy atom. The molecule has 3 aromatic rings. The third kappa shape index (κ3) is 7.71. The number of ether oxygens (including phenoxy) is 2. The fourth-order valence-electron chi connectivity index (χ4n) is 5.24. The van der Waals surface area contributed by atoms with Crippen molar-refractivity contribution in [2.75, 3.05) is 37.6 Å². The van der Waals surface area contributed by atoms with E-state index in [1.54, 1.807) is 12.4 Å². The molecule has 5 rings (SSSR count). The van der Waals surface area contributed by atoms with Crippen LogP contribution in [-0.4, -0.2) is 68.5 Å². The number of rotatable bonds is 8. The van der Waals surface area contributed by atoms with Crippen LogP contribution in [0, 0.1) is 5.92 Å². The van der Waals surface area contributed by atoms with E-state index in [1.807, 2.05) is 54.6 Å². The van der Waals surface area contributed by atoms with Crippen LogP contribution in [0.1, 0.15) is 41.6 Å². The number of nitrogens with zero attached hydrogens (tertiary/aromatic N) is 4. The topological polar surface area (TPSA) is 100 Å². The van der Waals surface area contributed by atoms with E-state index in [4.69, 9.17) is 44.3 Å². The summed E-state index contributed by atoms with van der Waals surface area (Å²) in [5.41, 5.74) is 3.60. The molecule has 0 saturated carbocycles. The predicted octanol–water partition coefficient (Wildman–Crippen LogP) is 4.57. The normalized spacial score (nSPS) is 23.5. The second-order valence-corrected chi connectivity index (χ2v) is 12.9. The molecule has 3 heterocycles. The van der Waals surface area contributed by atoms with Crippen LogP contribution < -0.4 is 10.2 Å². The molecule has 2 aliphatic heterocycles. The molecule has 2 saturated heterocycles. The number of benzene rings is 2. The van der Waals surface area contributed by atoms with Gasteiger partial charge in [0.15, 0.2) is 6.29 Å². The third-order valence-corrected chi connectivity index (χ3v) is 8.25. The summed E-state index contributed by atoms with van der Waals surface area (Å²) in [6.45, 7) is 6.57. The molecule has 1 amide bonds. The van der Waals surface area contributed by atoms with Crippen molar-refractivity contribution in [3.8, 4) is 0 Å². The Labute approximate surface area is 260 Å². The zero-order valence-corrected chi connectivity index (χ0v) is 25.5. The molecule has 42 heavy (non-hydrogen) atoms. The van der Waals surface area contributed by atoms with Crippen LogP contribution in [0.15, 0.2) is 67.0 Å². The highest BCUT2D eigenvalue weighted by Gasteiger charge is 2.39. The first-order chi connectivity index (χ1) is 20.2. The maximum absolute atomic E-state index is 11.9. The second-order valence-electron chi connectivity index (χ2n) is 10.6. The number of halogens is 3. The van der Waals surface area contributed by atoms with Crippen molar-refractivity contribution in [1.29, 1.82) is 0 Å². The van der Waals surface area contributed by atoms with E-state index in [0.717, 1.165) is 60.9 Å². The van der Waals surface area contributed by atoms with Gasteiger partial charge < -0.3 is 24.8 Å². The van der Waals surface area contributed by atoms with Crippen molar-refractivity contribution in [3.05, 3.63) is 89.2 Å². The van der Waals surface area contributed by atoms with Gasteiger partial charge in [-0.1, -0.05) is 90.3 Å². The van der Waals surface area contributed by atoms with E-state index in [9.17, 15) is 9.90 Å². The molecule has 9 nitrogen and oxygen atoms in total. The Bertz CT molecular complexity index is 1300. The zero-order valence-electron chi connectivity index (χ0n) is 23.2. The van der Waals surface area contributed by atoms with E-state index >= 15 is 0 Å². The summed E-state index contributed by atoms with van der Waals surface area (Å²) >= 11 is 17.0. The van der Waals surface area contributed by atoms with Crippen LogP contribution in [0.2, 0.25) is 0 Å². The summed E-state index contributed by atoms with van der Waals surface area (Å²) in [4.78, 5) is 25.3. The Kier molecular flexibility index (Phi) is 10.2. The Morgan fingerprint density at radius 2 is 1.57 bits per heavy atom. The number of carbonyl (C=O) groups excluding carboxylic acids is 1. The molecule has 12 heteroatoms. The highest BCUT2D eigenvalue weighted by atomic mass is 35.6. The van der Waals surface area contributed by atoms with E-state index < -0.39 is 16.0 Å². The van der Waals surface area contributed by atoms with E-state index in [1.165, 1.54) is 0 Å². The Morgan fingerprint density at radius 1 is 0.952 bits per heavy atom. The van der Waals surface area contributed by atoms with Gasteiger partial charge in [0.05, 0.1) is 18.8 Å². The molecular formula is C30H34Cl3N5O4. The molecule has 2 N–H and O–H groups in total. The molecule has 2 fully saturated rings. The minimum atomic E-state index is -2.01. The van der Waals surface area contributed by atoms with E-state index in [-0.39, 0.29) is 31.3 Å². The molecule has 1 aromatic heterocycles. The first-order valence-corrected chi connectivity index (χ1v) is 15.0. The lowest BCUT2D eigenvalue weighted by atomic mass is 9.90. The minimum absolute atomic E-state index is 0.00974. The summed E-state index contributed by atoms with van der Waals surface area (Å²) in [6, 6.07) is 17.4. The predicted molar refractivity (Wildman–Crippen MR) is 162 cm³/mol. The first-order valence-electron chi connectivity index (χ1n) is 13.9.